The zero-order valence-electron chi connectivity index (χ0n) is 22.0. The van der Waals surface area contributed by atoms with E-state index in [1.54, 1.807) is 6.07 Å². The predicted molar refractivity (Wildman–Crippen MR) is 146 cm³/mol. The molecule has 0 aromatic heterocycles. The topological polar surface area (TPSA) is 78.7 Å². The van der Waals surface area contributed by atoms with E-state index >= 15 is 0 Å². The summed E-state index contributed by atoms with van der Waals surface area (Å²) >= 11 is 0. The quantitative estimate of drug-likeness (QED) is 0.394. The van der Waals surface area contributed by atoms with Gasteiger partial charge in [0.05, 0.1) is 4.92 Å². The average Bonchev–Trinajstić information content (AvgIpc) is 2.88. The van der Waals surface area contributed by atoms with Gasteiger partial charge < -0.3 is 15.1 Å². The van der Waals surface area contributed by atoms with Crippen molar-refractivity contribution in [3.63, 3.8) is 0 Å². The van der Waals surface area contributed by atoms with Gasteiger partial charge in [0.25, 0.3) is 11.6 Å². The third kappa shape index (κ3) is 4.47. The zero-order valence-corrected chi connectivity index (χ0v) is 22.0. The first-order chi connectivity index (χ1) is 17.8. The molecule has 7 heteroatoms. The lowest BCUT2D eigenvalue weighted by Crippen LogP contribution is -2.53. The molecule has 1 unspecified atom stereocenters. The maximum Gasteiger partial charge on any atom is 0.292 e. The van der Waals surface area contributed by atoms with Crippen molar-refractivity contribution in [2.75, 3.05) is 36.4 Å². The predicted octanol–water partition coefficient (Wildman–Crippen LogP) is 5.88. The number of aryl methyl sites for hydroxylation is 1. The molecule has 0 spiro atoms. The standard InChI is InChI=1S/C30H38N4O3/c1-20-5-3-4-6-26(20)29(35)33-11-9-32(10-12-33)25-7-8-28(34(36)37)27(16-25)31-21(2)30-17-22-13-23(18-30)15-24(14-22)19-30/h3-8,16,21-24,31H,9-15,17-19H2,1-2H3. The van der Waals surface area contributed by atoms with E-state index in [-0.39, 0.29) is 28.0 Å². The van der Waals surface area contributed by atoms with Gasteiger partial charge in [-0.25, -0.2) is 0 Å². The molecule has 2 aromatic rings. The molecule has 1 saturated heterocycles. The van der Waals surface area contributed by atoms with Crippen LogP contribution in [-0.2, 0) is 0 Å². The van der Waals surface area contributed by atoms with Crippen molar-refractivity contribution >= 4 is 23.0 Å². The van der Waals surface area contributed by atoms with E-state index in [1.165, 1.54) is 38.5 Å². The van der Waals surface area contributed by atoms with E-state index < -0.39 is 0 Å². The number of hydrogen-bond donors (Lipinski definition) is 1. The van der Waals surface area contributed by atoms with Crippen LogP contribution in [0.25, 0.3) is 0 Å². The van der Waals surface area contributed by atoms with Crippen LogP contribution in [0, 0.1) is 40.2 Å². The lowest BCUT2D eigenvalue weighted by Gasteiger charge is -2.59. The van der Waals surface area contributed by atoms with Crippen molar-refractivity contribution in [3.8, 4) is 0 Å². The summed E-state index contributed by atoms with van der Waals surface area (Å²) in [4.78, 5) is 28.9. The second-order valence-electron chi connectivity index (χ2n) is 12.2. The number of nitro benzene ring substituents is 1. The molecule has 2 aromatic carbocycles. The van der Waals surface area contributed by atoms with Crippen molar-refractivity contribution in [2.45, 2.75) is 58.4 Å². The molecular weight excluding hydrogens is 464 g/mol. The second-order valence-corrected chi connectivity index (χ2v) is 12.2. The molecule has 4 bridgehead atoms. The molecule has 1 atom stereocenters. The molecule has 1 N–H and O–H groups in total. The average molecular weight is 503 g/mol. The van der Waals surface area contributed by atoms with Gasteiger partial charge in [-0.1, -0.05) is 18.2 Å². The minimum Gasteiger partial charge on any atom is -0.376 e. The molecule has 7 nitrogen and oxygen atoms in total. The van der Waals surface area contributed by atoms with Crippen LogP contribution < -0.4 is 10.2 Å². The summed E-state index contributed by atoms with van der Waals surface area (Å²) in [7, 11) is 0. The molecule has 0 radical (unpaired) electrons. The lowest BCUT2D eigenvalue weighted by atomic mass is 9.48. The van der Waals surface area contributed by atoms with Crippen LogP contribution in [-0.4, -0.2) is 48.0 Å². The van der Waals surface area contributed by atoms with E-state index in [1.807, 2.05) is 48.2 Å². The molecule has 4 aliphatic carbocycles. The number of nitrogens with zero attached hydrogens (tertiary/aromatic N) is 3. The van der Waals surface area contributed by atoms with Crippen molar-refractivity contribution in [1.29, 1.82) is 0 Å². The molecule has 1 aliphatic heterocycles. The highest BCUT2D eigenvalue weighted by atomic mass is 16.6. The monoisotopic (exact) mass is 502 g/mol. The number of nitrogens with one attached hydrogen (secondary N) is 1. The van der Waals surface area contributed by atoms with Crippen molar-refractivity contribution < 1.29 is 9.72 Å². The van der Waals surface area contributed by atoms with Crippen LogP contribution in [0.2, 0.25) is 0 Å². The molecule has 5 aliphatic rings. The SMILES string of the molecule is Cc1ccccc1C(=O)N1CCN(c2ccc([N+](=O)[O-])c(NC(C)C34CC5CC(CC(C5)C3)C4)c2)CC1. The highest BCUT2D eigenvalue weighted by Gasteiger charge is 2.53. The Bertz CT molecular complexity index is 1170. The number of hydrogen-bond acceptors (Lipinski definition) is 5. The van der Waals surface area contributed by atoms with Crippen molar-refractivity contribution in [2.24, 2.45) is 23.2 Å². The van der Waals surface area contributed by atoms with Gasteiger partial charge in [0, 0.05) is 49.5 Å². The maximum atomic E-state index is 13.0. The Labute approximate surface area is 219 Å². The van der Waals surface area contributed by atoms with Gasteiger partial charge in [0.2, 0.25) is 0 Å². The number of piperazine rings is 1. The number of carbonyl (C=O) groups is 1. The van der Waals surface area contributed by atoms with E-state index in [0.717, 1.165) is 34.6 Å². The summed E-state index contributed by atoms with van der Waals surface area (Å²) in [6.45, 7) is 6.91. The van der Waals surface area contributed by atoms with Crippen LogP contribution in [0.4, 0.5) is 17.1 Å². The molecule has 37 heavy (non-hydrogen) atoms. The van der Waals surface area contributed by atoms with Gasteiger partial charge >= 0.3 is 0 Å². The third-order valence-corrected chi connectivity index (χ3v) is 9.86. The van der Waals surface area contributed by atoms with Gasteiger partial charge in [0.1, 0.15) is 5.69 Å². The first-order valence-corrected chi connectivity index (χ1v) is 14.0. The van der Waals surface area contributed by atoms with Gasteiger partial charge in [0.15, 0.2) is 0 Å². The first-order valence-electron chi connectivity index (χ1n) is 14.0. The fourth-order valence-corrected chi connectivity index (χ4v) is 8.24. The van der Waals surface area contributed by atoms with Gasteiger partial charge in [-0.3, -0.25) is 14.9 Å². The number of rotatable bonds is 6. The fourth-order valence-electron chi connectivity index (χ4n) is 8.24. The lowest BCUT2D eigenvalue weighted by molar-refractivity contribution is -0.384. The van der Waals surface area contributed by atoms with Crippen molar-refractivity contribution in [3.05, 3.63) is 63.7 Å². The molecule has 1 heterocycles. The molecule has 4 saturated carbocycles. The second kappa shape index (κ2) is 9.34. The minimum atomic E-state index is -0.267. The third-order valence-electron chi connectivity index (χ3n) is 9.86. The molecule has 196 valence electrons. The smallest absolute Gasteiger partial charge is 0.292 e. The normalized spacial score (nSPS) is 29.3. The summed E-state index contributed by atoms with van der Waals surface area (Å²) in [6.07, 6.45) is 7.95. The summed E-state index contributed by atoms with van der Waals surface area (Å²) in [5.74, 6) is 2.61. The fraction of sp³-hybridized carbons (Fsp3) is 0.567. The van der Waals surface area contributed by atoms with Gasteiger partial charge in [-0.2, -0.15) is 0 Å². The number of amides is 1. The summed E-state index contributed by atoms with van der Waals surface area (Å²) in [5, 5.41) is 15.6. The van der Waals surface area contributed by atoms with Crippen LogP contribution in [0.5, 0.6) is 0 Å². The summed E-state index contributed by atoms with van der Waals surface area (Å²) in [5.41, 5.74) is 3.78. The van der Waals surface area contributed by atoms with Crippen LogP contribution in [0.1, 0.15) is 61.4 Å². The largest absolute Gasteiger partial charge is 0.376 e. The van der Waals surface area contributed by atoms with E-state index in [9.17, 15) is 14.9 Å². The molecule has 1 amide bonds. The van der Waals surface area contributed by atoms with Crippen LogP contribution in [0.3, 0.4) is 0 Å². The number of benzene rings is 2. The summed E-state index contributed by atoms with van der Waals surface area (Å²) < 4.78 is 0. The van der Waals surface area contributed by atoms with Crippen LogP contribution in [0.15, 0.2) is 42.5 Å². The Morgan fingerprint density at radius 1 is 1.00 bits per heavy atom. The van der Waals surface area contributed by atoms with Gasteiger partial charge in [-0.15, -0.1) is 0 Å². The Kier molecular flexibility index (Phi) is 6.12. The summed E-state index contributed by atoms with van der Waals surface area (Å²) in [6, 6.07) is 13.4. The van der Waals surface area contributed by atoms with E-state index in [4.69, 9.17) is 0 Å². The highest BCUT2D eigenvalue weighted by Crippen LogP contribution is 2.61. The Balaban J connectivity index is 1.17. The Hall–Kier alpha value is -3.09. The van der Waals surface area contributed by atoms with Crippen molar-refractivity contribution in [1.82, 2.24) is 4.90 Å². The van der Waals surface area contributed by atoms with Crippen LogP contribution >= 0.6 is 0 Å². The van der Waals surface area contributed by atoms with E-state index in [0.29, 0.717) is 31.9 Å². The number of carbonyl (C=O) groups excluding carboxylic acids is 1. The van der Waals surface area contributed by atoms with Gasteiger partial charge in [-0.05, 0) is 99.3 Å². The van der Waals surface area contributed by atoms with E-state index in [2.05, 4.69) is 17.1 Å². The minimum absolute atomic E-state index is 0.0770. The number of anilines is 2. The molecule has 5 fully saturated rings. The Morgan fingerprint density at radius 2 is 1.62 bits per heavy atom. The molecule has 7 rings (SSSR count). The first kappa shape index (κ1) is 24.3. The maximum absolute atomic E-state index is 13.0. The highest BCUT2D eigenvalue weighted by molar-refractivity contribution is 5.95. The Morgan fingerprint density at radius 3 is 2.22 bits per heavy atom. The molecular formula is C30H38N4O3. The number of nitro groups is 1. The zero-order chi connectivity index (χ0) is 25.7.